The van der Waals surface area contributed by atoms with E-state index in [2.05, 4.69) is 20.4 Å². The molecule has 1 fully saturated rings. The Bertz CT molecular complexity index is 641. The number of nitrogens with one attached hydrogen (secondary N) is 1. The van der Waals surface area contributed by atoms with Crippen molar-refractivity contribution in [3.63, 3.8) is 0 Å². The first kappa shape index (κ1) is 15.5. The molecule has 1 saturated heterocycles. The predicted molar refractivity (Wildman–Crippen MR) is 86.8 cm³/mol. The highest BCUT2D eigenvalue weighted by Gasteiger charge is 2.28. The zero-order valence-corrected chi connectivity index (χ0v) is 13.4. The van der Waals surface area contributed by atoms with Gasteiger partial charge < -0.3 is 10.2 Å². The van der Waals surface area contributed by atoms with Gasteiger partial charge in [0.15, 0.2) is 0 Å². The Kier molecular flexibility index (Phi) is 4.85. The van der Waals surface area contributed by atoms with E-state index in [4.69, 9.17) is 0 Å². The van der Waals surface area contributed by atoms with Crippen molar-refractivity contribution >= 4 is 11.9 Å². The second-order valence-electron chi connectivity index (χ2n) is 5.87. The van der Waals surface area contributed by atoms with E-state index in [0.717, 1.165) is 31.5 Å². The molecule has 0 aromatic carbocycles. The molecule has 0 radical (unpaired) electrons. The molecule has 7 nitrogen and oxygen atoms in total. The summed E-state index contributed by atoms with van der Waals surface area (Å²) in [7, 11) is 0. The minimum atomic E-state index is 0.180. The highest BCUT2D eigenvalue weighted by Crippen LogP contribution is 2.20. The van der Waals surface area contributed by atoms with Gasteiger partial charge in [-0.25, -0.2) is 9.97 Å². The Morgan fingerprint density at radius 3 is 2.96 bits per heavy atom. The fraction of sp³-hybridized carbons (Fsp3) is 0.500. The van der Waals surface area contributed by atoms with Crippen LogP contribution in [0.15, 0.2) is 30.9 Å². The number of likely N-dealkylation sites (tertiary alicyclic amines) is 1. The zero-order valence-electron chi connectivity index (χ0n) is 13.4. The lowest BCUT2D eigenvalue weighted by Gasteiger charge is -2.24. The highest BCUT2D eigenvalue weighted by molar-refractivity contribution is 5.77. The average molecular weight is 314 g/mol. The van der Waals surface area contributed by atoms with Crippen molar-refractivity contribution in [2.45, 2.75) is 38.8 Å². The lowest BCUT2D eigenvalue weighted by atomic mass is 10.2. The molecule has 1 N–H and O–H groups in total. The van der Waals surface area contributed by atoms with Crippen LogP contribution in [0.25, 0.3) is 0 Å². The fourth-order valence-electron chi connectivity index (χ4n) is 2.95. The van der Waals surface area contributed by atoms with Crippen LogP contribution in [0.2, 0.25) is 0 Å². The van der Waals surface area contributed by atoms with E-state index in [0.29, 0.717) is 18.9 Å². The third-order valence-electron chi connectivity index (χ3n) is 4.05. The number of anilines is 1. The van der Waals surface area contributed by atoms with E-state index >= 15 is 0 Å². The quantitative estimate of drug-likeness (QED) is 0.874. The average Bonchev–Trinajstić information content (AvgIpc) is 3.18. The van der Waals surface area contributed by atoms with E-state index in [9.17, 15) is 4.79 Å². The number of aromatic nitrogens is 4. The molecule has 0 bridgehead atoms. The number of carbonyl (C=O) groups excluding carboxylic acids is 1. The number of hydrogen-bond acceptors (Lipinski definition) is 5. The SMILES string of the molecule is Cc1cnn(C[C@@H]2CCCN2C(=O)CCNc2ncccn2)c1. The second kappa shape index (κ2) is 7.21. The molecule has 0 spiro atoms. The van der Waals surface area contributed by atoms with Crippen molar-refractivity contribution in [2.24, 2.45) is 0 Å². The van der Waals surface area contributed by atoms with Crippen molar-refractivity contribution < 1.29 is 4.79 Å². The number of aryl methyl sites for hydroxylation is 1. The van der Waals surface area contributed by atoms with Crippen molar-refractivity contribution in [1.82, 2.24) is 24.6 Å². The standard InChI is InChI=1S/C16H22N6O/c1-13-10-20-21(11-13)12-14-4-2-9-22(14)15(23)5-8-19-16-17-6-3-7-18-16/h3,6-7,10-11,14H,2,4-5,8-9,12H2,1H3,(H,17,18,19)/t14-/m0/s1. The van der Waals surface area contributed by atoms with Crippen molar-refractivity contribution in [1.29, 1.82) is 0 Å². The molecule has 3 heterocycles. The van der Waals surface area contributed by atoms with Crippen LogP contribution < -0.4 is 5.32 Å². The Morgan fingerprint density at radius 2 is 2.22 bits per heavy atom. The maximum absolute atomic E-state index is 12.5. The van der Waals surface area contributed by atoms with Crippen LogP contribution in [0.3, 0.4) is 0 Å². The van der Waals surface area contributed by atoms with Crippen LogP contribution in [0.4, 0.5) is 5.95 Å². The van der Waals surface area contributed by atoms with Gasteiger partial charge in [0.2, 0.25) is 11.9 Å². The Labute approximate surface area is 135 Å². The summed E-state index contributed by atoms with van der Waals surface area (Å²) < 4.78 is 1.93. The zero-order chi connectivity index (χ0) is 16.1. The lowest BCUT2D eigenvalue weighted by molar-refractivity contribution is -0.131. The monoisotopic (exact) mass is 314 g/mol. The topological polar surface area (TPSA) is 75.9 Å². The Balaban J connectivity index is 1.49. The van der Waals surface area contributed by atoms with Crippen LogP contribution in [0.1, 0.15) is 24.8 Å². The Hall–Kier alpha value is -2.44. The molecular weight excluding hydrogens is 292 g/mol. The van der Waals surface area contributed by atoms with Crippen LogP contribution >= 0.6 is 0 Å². The third-order valence-corrected chi connectivity index (χ3v) is 4.05. The molecular formula is C16H22N6O. The van der Waals surface area contributed by atoms with Gasteiger partial charge in [-0.15, -0.1) is 0 Å². The van der Waals surface area contributed by atoms with Gasteiger partial charge in [-0.1, -0.05) is 0 Å². The van der Waals surface area contributed by atoms with Crippen LogP contribution in [0.5, 0.6) is 0 Å². The molecule has 1 aliphatic rings. The summed E-state index contributed by atoms with van der Waals surface area (Å²) in [5.41, 5.74) is 1.15. The molecule has 0 saturated carbocycles. The summed E-state index contributed by atoms with van der Waals surface area (Å²) in [6, 6.07) is 2.01. The molecule has 7 heteroatoms. The van der Waals surface area contributed by atoms with Gasteiger partial charge in [-0.3, -0.25) is 9.48 Å². The van der Waals surface area contributed by atoms with E-state index in [1.807, 2.05) is 28.9 Å². The Morgan fingerprint density at radius 1 is 1.39 bits per heavy atom. The molecule has 1 aliphatic heterocycles. The van der Waals surface area contributed by atoms with Crippen LogP contribution in [0, 0.1) is 6.92 Å². The molecule has 2 aromatic rings. The van der Waals surface area contributed by atoms with Crippen molar-refractivity contribution in [3.05, 3.63) is 36.4 Å². The van der Waals surface area contributed by atoms with Gasteiger partial charge in [0.1, 0.15) is 0 Å². The predicted octanol–water partition coefficient (Wildman–Crippen LogP) is 1.47. The highest BCUT2D eigenvalue weighted by atomic mass is 16.2. The number of hydrogen-bond donors (Lipinski definition) is 1. The van der Waals surface area contributed by atoms with Gasteiger partial charge in [0.25, 0.3) is 0 Å². The van der Waals surface area contributed by atoms with Gasteiger partial charge in [0, 0.05) is 38.1 Å². The number of carbonyl (C=O) groups is 1. The van der Waals surface area contributed by atoms with Gasteiger partial charge in [0.05, 0.1) is 18.8 Å². The molecule has 3 rings (SSSR count). The summed E-state index contributed by atoms with van der Waals surface area (Å²) in [6.07, 6.45) is 9.79. The molecule has 1 atom stereocenters. The normalized spacial score (nSPS) is 17.4. The van der Waals surface area contributed by atoms with E-state index in [1.54, 1.807) is 18.5 Å². The van der Waals surface area contributed by atoms with Crippen LogP contribution in [-0.2, 0) is 11.3 Å². The molecule has 0 aliphatic carbocycles. The maximum atomic E-state index is 12.5. The minimum absolute atomic E-state index is 0.180. The van der Waals surface area contributed by atoms with Crippen molar-refractivity contribution in [2.75, 3.05) is 18.4 Å². The van der Waals surface area contributed by atoms with Gasteiger partial charge in [-0.05, 0) is 31.4 Å². The van der Waals surface area contributed by atoms with Gasteiger partial charge in [-0.2, -0.15) is 5.10 Å². The smallest absolute Gasteiger partial charge is 0.224 e. The largest absolute Gasteiger partial charge is 0.354 e. The summed E-state index contributed by atoms with van der Waals surface area (Å²) in [5, 5.41) is 7.40. The second-order valence-corrected chi connectivity index (χ2v) is 5.87. The number of rotatable bonds is 6. The minimum Gasteiger partial charge on any atom is -0.354 e. The molecule has 1 amide bonds. The van der Waals surface area contributed by atoms with E-state index < -0.39 is 0 Å². The number of amides is 1. The van der Waals surface area contributed by atoms with E-state index in [-0.39, 0.29) is 11.9 Å². The summed E-state index contributed by atoms with van der Waals surface area (Å²) in [4.78, 5) is 22.6. The van der Waals surface area contributed by atoms with E-state index in [1.165, 1.54) is 0 Å². The molecule has 23 heavy (non-hydrogen) atoms. The third kappa shape index (κ3) is 4.06. The first-order valence-electron chi connectivity index (χ1n) is 8.02. The first-order valence-corrected chi connectivity index (χ1v) is 8.02. The van der Waals surface area contributed by atoms with Crippen molar-refractivity contribution in [3.8, 4) is 0 Å². The summed E-state index contributed by atoms with van der Waals surface area (Å²) in [5.74, 6) is 0.741. The molecule has 122 valence electrons. The first-order chi connectivity index (χ1) is 11.2. The summed E-state index contributed by atoms with van der Waals surface area (Å²) in [6.45, 7) is 4.19. The lowest BCUT2D eigenvalue weighted by Crippen LogP contribution is -2.38. The number of nitrogens with zero attached hydrogens (tertiary/aromatic N) is 5. The molecule has 0 unspecified atom stereocenters. The van der Waals surface area contributed by atoms with Gasteiger partial charge >= 0.3 is 0 Å². The fourth-order valence-corrected chi connectivity index (χ4v) is 2.95. The summed E-state index contributed by atoms with van der Waals surface area (Å²) >= 11 is 0. The van der Waals surface area contributed by atoms with Crippen LogP contribution in [-0.4, -0.2) is 49.7 Å². The molecule has 2 aromatic heterocycles. The maximum Gasteiger partial charge on any atom is 0.224 e.